The molecule has 2 fully saturated rings. The number of likely N-dealkylation sites (tertiary alicyclic amines) is 1. The largest absolute Gasteiger partial charge is 0.495 e. The normalized spacial score (nSPS) is 24.5. The van der Waals surface area contributed by atoms with Crippen molar-refractivity contribution in [1.29, 1.82) is 0 Å². The van der Waals surface area contributed by atoms with Crippen LogP contribution in [0.5, 0.6) is 5.75 Å². The van der Waals surface area contributed by atoms with Gasteiger partial charge in [0.2, 0.25) is 0 Å². The van der Waals surface area contributed by atoms with Gasteiger partial charge >= 0.3 is 0 Å². The van der Waals surface area contributed by atoms with Crippen molar-refractivity contribution in [3.8, 4) is 5.75 Å². The molecule has 0 radical (unpaired) electrons. The molecule has 2 aromatic carbocycles. The molecule has 1 aromatic heterocycles. The van der Waals surface area contributed by atoms with Crippen molar-refractivity contribution in [1.82, 2.24) is 9.88 Å². The number of aromatic nitrogens is 1. The van der Waals surface area contributed by atoms with E-state index in [0.29, 0.717) is 23.9 Å². The molecule has 1 N–H and O–H groups in total. The number of H-pyrrole nitrogens is 1. The van der Waals surface area contributed by atoms with Crippen LogP contribution in [-0.2, 0) is 5.41 Å². The first-order valence-corrected chi connectivity index (χ1v) is 9.47. The Morgan fingerprint density at radius 1 is 1.21 bits per heavy atom. The van der Waals surface area contributed by atoms with Crippen LogP contribution < -0.4 is 4.74 Å². The topological polar surface area (TPSA) is 62.4 Å². The lowest BCUT2D eigenvalue weighted by Gasteiger charge is -2.29. The van der Waals surface area contributed by atoms with Crippen molar-refractivity contribution >= 4 is 22.6 Å². The Balaban J connectivity index is 1.43. The maximum Gasteiger partial charge on any atom is 0.274 e. The number of para-hydroxylation sites is 1. The average Bonchev–Trinajstić information content (AvgIpc) is 3.10. The van der Waals surface area contributed by atoms with Crippen LogP contribution in [-0.4, -0.2) is 35.2 Å². The van der Waals surface area contributed by atoms with Gasteiger partial charge in [-0.1, -0.05) is 36.4 Å². The maximum atomic E-state index is 13.4. The monoisotopic (exact) mass is 370 g/mol. The summed E-state index contributed by atoms with van der Waals surface area (Å²) in [5.41, 5.74) is 3.88. The molecule has 138 valence electrons. The van der Waals surface area contributed by atoms with Gasteiger partial charge < -0.3 is 14.6 Å². The molecule has 2 atom stereocenters. The van der Waals surface area contributed by atoms with Crippen LogP contribution in [0.1, 0.15) is 32.8 Å². The molecule has 6 rings (SSSR count). The van der Waals surface area contributed by atoms with Gasteiger partial charge in [-0.2, -0.15) is 0 Å². The minimum atomic E-state index is -0.163. The number of aromatic amines is 1. The van der Waals surface area contributed by atoms with Gasteiger partial charge in [-0.25, -0.2) is 0 Å². The van der Waals surface area contributed by atoms with Crippen molar-refractivity contribution in [2.24, 2.45) is 5.92 Å². The lowest BCUT2D eigenvalue weighted by Crippen LogP contribution is -2.33. The van der Waals surface area contributed by atoms with Crippen molar-refractivity contribution in [3.05, 3.63) is 77.1 Å². The van der Waals surface area contributed by atoms with Crippen LogP contribution in [0.25, 0.3) is 10.9 Å². The lowest BCUT2D eigenvalue weighted by molar-refractivity contribution is 0.0806. The molecule has 3 aromatic rings. The third-order valence-corrected chi connectivity index (χ3v) is 6.51. The smallest absolute Gasteiger partial charge is 0.274 e. The molecular weight excluding hydrogens is 352 g/mol. The first kappa shape index (κ1) is 15.7. The number of benzene rings is 2. The molecule has 1 saturated heterocycles. The molecule has 0 unspecified atom stereocenters. The Kier molecular flexibility index (Phi) is 2.88. The fourth-order valence-corrected chi connectivity index (χ4v) is 5.14. The molecule has 5 nitrogen and oxygen atoms in total. The molecule has 0 bridgehead atoms. The Morgan fingerprint density at radius 2 is 2.07 bits per heavy atom. The first-order chi connectivity index (χ1) is 13.6. The fourth-order valence-electron chi connectivity index (χ4n) is 5.14. The number of amides is 1. The number of nitrogens with zero attached hydrogens (tertiary/aromatic N) is 1. The van der Waals surface area contributed by atoms with E-state index in [0.717, 1.165) is 34.1 Å². The summed E-state index contributed by atoms with van der Waals surface area (Å²) >= 11 is 0. The van der Waals surface area contributed by atoms with Crippen LogP contribution in [0, 0.1) is 5.92 Å². The second-order valence-corrected chi connectivity index (χ2v) is 7.84. The summed E-state index contributed by atoms with van der Waals surface area (Å²) in [5.74, 6) is 0.984. The fraction of sp³-hybridized carbons (Fsp3) is 0.217. The van der Waals surface area contributed by atoms with Crippen LogP contribution in [0.15, 0.2) is 60.3 Å². The van der Waals surface area contributed by atoms with Crippen LogP contribution in [0.2, 0.25) is 0 Å². The van der Waals surface area contributed by atoms with E-state index in [-0.39, 0.29) is 17.1 Å². The zero-order chi connectivity index (χ0) is 19.0. The van der Waals surface area contributed by atoms with Crippen molar-refractivity contribution in [2.75, 3.05) is 13.7 Å². The molecule has 1 spiro atoms. The number of fused-ring (bicyclic) bond motifs is 2. The number of allylic oxidation sites excluding steroid dienone is 2. The van der Waals surface area contributed by atoms with Gasteiger partial charge in [0.25, 0.3) is 5.91 Å². The maximum absolute atomic E-state index is 13.4. The number of ether oxygens (including phenoxy) is 1. The Morgan fingerprint density at radius 3 is 2.93 bits per heavy atom. The molecule has 5 heteroatoms. The minimum Gasteiger partial charge on any atom is -0.495 e. The second-order valence-electron chi connectivity index (χ2n) is 7.84. The molecule has 1 amide bonds. The van der Waals surface area contributed by atoms with Crippen LogP contribution >= 0.6 is 0 Å². The molecule has 28 heavy (non-hydrogen) atoms. The van der Waals surface area contributed by atoms with Gasteiger partial charge in [-0.3, -0.25) is 9.59 Å². The Labute approximate surface area is 161 Å². The van der Waals surface area contributed by atoms with E-state index in [1.165, 1.54) is 0 Å². The Hall–Kier alpha value is -3.34. The van der Waals surface area contributed by atoms with Gasteiger partial charge in [0.15, 0.2) is 5.78 Å². The highest BCUT2D eigenvalue weighted by atomic mass is 16.5. The van der Waals surface area contributed by atoms with Gasteiger partial charge in [-0.15, -0.1) is 0 Å². The number of rotatable bonds is 2. The van der Waals surface area contributed by atoms with E-state index < -0.39 is 0 Å². The quantitative estimate of drug-likeness (QED) is 0.749. The predicted molar refractivity (Wildman–Crippen MR) is 105 cm³/mol. The van der Waals surface area contributed by atoms with Crippen LogP contribution in [0.4, 0.5) is 0 Å². The number of hydrogen-bond donors (Lipinski definition) is 1. The molecule has 1 aliphatic heterocycles. The number of carbonyl (C=O) groups is 2. The zero-order valence-corrected chi connectivity index (χ0v) is 15.4. The second kappa shape index (κ2) is 5.13. The number of nitrogens with one attached hydrogen (secondary N) is 1. The van der Waals surface area contributed by atoms with Gasteiger partial charge in [-0.05, 0) is 30.0 Å². The first-order valence-electron chi connectivity index (χ1n) is 9.47. The van der Waals surface area contributed by atoms with Crippen molar-refractivity contribution < 1.29 is 14.3 Å². The van der Waals surface area contributed by atoms with Gasteiger partial charge in [0.1, 0.15) is 11.4 Å². The van der Waals surface area contributed by atoms with E-state index >= 15 is 0 Å². The third-order valence-electron chi connectivity index (χ3n) is 6.51. The lowest BCUT2D eigenvalue weighted by atomic mass is 9.81. The van der Waals surface area contributed by atoms with Crippen LogP contribution in [0.3, 0.4) is 0 Å². The molecule has 2 aliphatic carbocycles. The number of carbonyl (C=O) groups excluding carboxylic acids is 2. The number of ketones is 1. The highest BCUT2D eigenvalue weighted by Crippen LogP contribution is 2.66. The van der Waals surface area contributed by atoms with Crippen molar-refractivity contribution in [2.45, 2.75) is 11.8 Å². The highest BCUT2D eigenvalue weighted by Gasteiger charge is 2.67. The SMILES string of the molecule is COc1cccc2cc(C(=O)N3C[C@H]4C[C@@]45C3=CC(=O)c3ccccc35)[nH]c12. The Bertz CT molecular complexity index is 1220. The number of hydrogen-bond acceptors (Lipinski definition) is 3. The standard InChI is InChI=1S/C23H18N2O3/c1-28-19-8-4-5-13-9-17(24-21(13)19)22(27)25-12-14-11-23(14)16-7-3-2-6-15(16)18(26)10-20(23)25/h2-10,14,24H,11-12H2,1H3/t14-,23-/m1/s1. The molecular formula is C23H18N2O3. The minimum absolute atomic E-state index is 0.0140. The van der Waals surface area contributed by atoms with E-state index in [2.05, 4.69) is 4.98 Å². The third kappa shape index (κ3) is 1.81. The summed E-state index contributed by atoms with van der Waals surface area (Å²) in [6.45, 7) is 0.652. The molecule has 3 aliphatic rings. The predicted octanol–water partition coefficient (Wildman–Crippen LogP) is 3.67. The van der Waals surface area contributed by atoms with Crippen molar-refractivity contribution in [3.63, 3.8) is 0 Å². The van der Waals surface area contributed by atoms with E-state index in [1.54, 1.807) is 18.1 Å². The summed E-state index contributed by atoms with van der Waals surface area (Å²) < 4.78 is 5.40. The highest BCUT2D eigenvalue weighted by molar-refractivity contribution is 6.10. The molecule has 1 saturated carbocycles. The number of piperidine rings is 1. The summed E-state index contributed by atoms with van der Waals surface area (Å²) in [4.78, 5) is 31.0. The summed E-state index contributed by atoms with van der Waals surface area (Å²) in [5, 5.41) is 0.931. The molecule has 2 heterocycles. The zero-order valence-electron chi connectivity index (χ0n) is 15.4. The van der Waals surface area contributed by atoms with E-state index in [9.17, 15) is 9.59 Å². The van der Waals surface area contributed by atoms with E-state index in [1.807, 2.05) is 48.5 Å². The summed E-state index contributed by atoms with van der Waals surface area (Å²) in [6, 6.07) is 15.4. The van der Waals surface area contributed by atoms with Gasteiger partial charge in [0, 0.05) is 34.7 Å². The summed E-state index contributed by atoms with van der Waals surface area (Å²) in [7, 11) is 1.62. The average molecular weight is 370 g/mol. The summed E-state index contributed by atoms with van der Waals surface area (Å²) in [6.07, 6.45) is 2.68. The van der Waals surface area contributed by atoms with E-state index in [4.69, 9.17) is 4.74 Å². The van der Waals surface area contributed by atoms with Gasteiger partial charge in [0.05, 0.1) is 12.6 Å². The number of methoxy groups -OCH3 is 1.